The van der Waals surface area contributed by atoms with Crippen molar-refractivity contribution in [1.29, 1.82) is 0 Å². The van der Waals surface area contributed by atoms with E-state index in [-0.39, 0.29) is 59.1 Å². The van der Waals surface area contributed by atoms with E-state index in [1.54, 1.807) is 10.8 Å². The molecule has 0 aliphatic rings. The minimum Gasteiger partial charge on any atom is -0.725 e. The molecule has 23 heavy (non-hydrogen) atoms. The molecule has 1 aromatic heterocycles. The molecule has 1 heterocycles. The van der Waals surface area contributed by atoms with Crippen LogP contribution in [-0.2, 0) is 29.2 Å². The van der Waals surface area contributed by atoms with Gasteiger partial charge in [-0.15, -0.1) is 11.3 Å². The fraction of sp³-hybridized carbons (Fsp3) is 0.200. The third-order valence-electron chi connectivity index (χ3n) is 1.66. The van der Waals surface area contributed by atoms with Gasteiger partial charge in [0.15, 0.2) is 0 Å². The van der Waals surface area contributed by atoms with Crippen molar-refractivity contribution in [3.63, 3.8) is 0 Å². The summed E-state index contributed by atoms with van der Waals surface area (Å²) in [5, 5.41) is 3.21. The Balaban J connectivity index is 0. The fourth-order valence-corrected chi connectivity index (χ4v) is 2.08. The van der Waals surface area contributed by atoms with Crippen molar-refractivity contribution in [3.8, 4) is 23.7 Å². The van der Waals surface area contributed by atoms with Gasteiger partial charge in [-0.1, -0.05) is 23.7 Å². The molecule has 0 radical (unpaired) electrons. The first kappa shape index (κ1) is 25.8. The normalized spacial score (nSPS) is 10.2. The second kappa shape index (κ2) is 12.0. The maximum atomic E-state index is 10.2. The van der Waals surface area contributed by atoms with Gasteiger partial charge in [0.05, 0.1) is 11.1 Å². The molecule has 0 unspecified atom stereocenters. The molecule has 0 aliphatic heterocycles. The predicted octanol–water partition coefficient (Wildman–Crippen LogP) is -6.59. The minimum absolute atomic E-state index is 0. The standard InChI is InChI=1S/C10H8O8S3.2Na/c11-20(12,13)17-5-1-3-9-7-19-8-10(9)4-2-6-18-21(14,15)16;;/h7-8H,5-6H2,(H,11,12,13)(H,14,15,16);;/q;2*+1/p-2. The largest absolute Gasteiger partial charge is 1.00 e. The van der Waals surface area contributed by atoms with E-state index in [2.05, 4.69) is 32.0 Å². The van der Waals surface area contributed by atoms with Gasteiger partial charge in [0.2, 0.25) is 20.8 Å². The van der Waals surface area contributed by atoms with Gasteiger partial charge in [0.25, 0.3) is 0 Å². The third-order valence-corrected chi connectivity index (χ3v) is 3.22. The molecule has 114 valence electrons. The Hall–Kier alpha value is 0.560. The van der Waals surface area contributed by atoms with E-state index in [4.69, 9.17) is 0 Å². The summed E-state index contributed by atoms with van der Waals surface area (Å²) in [6.07, 6.45) is 0. The Bertz CT molecular complexity index is 752. The smallest absolute Gasteiger partial charge is 0.725 e. The summed E-state index contributed by atoms with van der Waals surface area (Å²) in [5.41, 5.74) is 0.869. The van der Waals surface area contributed by atoms with Gasteiger partial charge in [-0.2, -0.15) is 0 Å². The van der Waals surface area contributed by atoms with Crippen LogP contribution in [0.15, 0.2) is 10.8 Å². The third kappa shape index (κ3) is 13.5. The molecule has 13 heteroatoms. The monoisotopic (exact) mass is 396 g/mol. The quantitative estimate of drug-likeness (QED) is 0.212. The average molecular weight is 396 g/mol. The molecule has 0 amide bonds. The summed E-state index contributed by atoms with van der Waals surface area (Å²) in [6.45, 7) is -1.18. The first-order chi connectivity index (χ1) is 9.67. The van der Waals surface area contributed by atoms with Crippen LogP contribution in [0.3, 0.4) is 0 Å². The summed E-state index contributed by atoms with van der Waals surface area (Å²) < 4.78 is 68.7. The predicted molar refractivity (Wildman–Crippen MR) is 69.4 cm³/mol. The topological polar surface area (TPSA) is 133 Å². The van der Waals surface area contributed by atoms with Gasteiger partial charge in [-0.25, -0.2) is 16.8 Å². The SMILES string of the molecule is O=S(=O)([O-])OCC#Cc1cscc1C#CCOS(=O)(=O)[O-].[Na+].[Na+]. The van der Waals surface area contributed by atoms with E-state index in [1.165, 1.54) is 11.3 Å². The first-order valence-electron chi connectivity index (χ1n) is 4.92. The number of thiophene rings is 1. The molecule has 0 saturated heterocycles. The summed E-state index contributed by atoms with van der Waals surface area (Å²) >= 11 is 1.25. The Labute approximate surface area is 182 Å². The molecule has 1 aromatic rings. The van der Waals surface area contributed by atoms with E-state index in [1.807, 2.05) is 0 Å². The molecule has 0 fully saturated rings. The van der Waals surface area contributed by atoms with Crippen LogP contribution in [0.2, 0.25) is 0 Å². The number of hydrogen-bond donors (Lipinski definition) is 0. The minimum atomic E-state index is -4.79. The number of rotatable bonds is 4. The molecule has 8 nitrogen and oxygen atoms in total. The molecule has 0 N–H and O–H groups in total. The van der Waals surface area contributed by atoms with Crippen LogP contribution in [0.4, 0.5) is 0 Å². The van der Waals surface area contributed by atoms with Crippen LogP contribution in [0.5, 0.6) is 0 Å². The van der Waals surface area contributed by atoms with Crippen molar-refractivity contribution in [3.05, 3.63) is 21.9 Å². The van der Waals surface area contributed by atoms with Gasteiger partial charge in [0.1, 0.15) is 13.2 Å². The summed E-state index contributed by atoms with van der Waals surface area (Å²) in [6, 6.07) is 0. The second-order valence-electron chi connectivity index (χ2n) is 3.14. The van der Waals surface area contributed by atoms with Gasteiger partial charge < -0.3 is 9.11 Å². The molecule has 0 bridgehead atoms. The van der Waals surface area contributed by atoms with Crippen molar-refractivity contribution in [2.45, 2.75) is 0 Å². The van der Waals surface area contributed by atoms with Crippen LogP contribution in [0.1, 0.15) is 11.1 Å². The molecular weight excluding hydrogens is 390 g/mol. The van der Waals surface area contributed by atoms with Crippen LogP contribution >= 0.6 is 11.3 Å². The Kier molecular flexibility index (Phi) is 13.5. The first-order valence-corrected chi connectivity index (χ1v) is 8.53. The van der Waals surface area contributed by atoms with E-state index in [0.29, 0.717) is 11.1 Å². The van der Waals surface area contributed by atoms with Gasteiger partial charge in [0, 0.05) is 10.8 Å². The molecule has 0 spiro atoms. The molecule has 0 saturated carbocycles. The Morgan fingerprint density at radius 1 is 0.870 bits per heavy atom. The van der Waals surface area contributed by atoms with E-state index < -0.39 is 34.0 Å². The van der Waals surface area contributed by atoms with Crippen molar-refractivity contribution in [1.82, 2.24) is 0 Å². The zero-order valence-corrected chi connectivity index (χ0v) is 18.5. The molecule has 0 aromatic carbocycles. The van der Waals surface area contributed by atoms with Crippen LogP contribution in [0.25, 0.3) is 0 Å². The fourth-order valence-electron chi connectivity index (χ4n) is 0.957. The average Bonchev–Trinajstić information content (AvgIpc) is 2.75. The molecular formula is C10H6Na2O8S3. The van der Waals surface area contributed by atoms with Crippen LogP contribution in [0, 0.1) is 23.7 Å². The maximum absolute atomic E-state index is 10.2. The van der Waals surface area contributed by atoms with Crippen molar-refractivity contribution < 1.29 is 93.4 Å². The number of hydrogen-bond acceptors (Lipinski definition) is 9. The maximum Gasteiger partial charge on any atom is 1.00 e. The molecule has 0 aliphatic carbocycles. The summed E-state index contributed by atoms with van der Waals surface area (Å²) in [4.78, 5) is 0. The summed E-state index contributed by atoms with van der Waals surface area (Å²) in [7, 11) is -9.58. The van der Waals surface area contributed by atoms with Crippen LogP contribution in [-0.4, -0.2) is 39.2 Å². The molecule has 1 rings (SSSR count). The Morgan fingerprint density at radius 3 is 1.52 bits per heavy atom. The van der Waals surface area contributed by atoms with E-state index >= 15 is 0 Å². The van der Waals surface area contributed by atoms with Gasteiger partial charge >= 0.3 is 59.1 Å². The zero-order valence-electron chi connectivity index (χ0n) is 12.1. The Morgan fingerprint density at radius 2 is 1.22 bits per heavy atom. The second-order valence-corrected chi connectivity index (χ2v) is 5.99. The van der Waals surface area contributed by atoms with E-state index in [9.17, 15) is 25.9 Å². The van der Waals surface area contributed by atoms with Crippen molar-refractivity contribution in [2.75, 3.05) is 13.2 Å². The van der Waals surface area contributed by atoms with Crippen LogP contribution < -0.4 is 59.1 Å². The van der Waals surface area contributed by atoms with Gasteiger partial charge in [-0.3, -0.25) is 8.37 Å². The molecule has 0 atom stereocenters. The van der Waals surface area contributed by atoms with Gasteiger partial charge in [-0.05, 0) is 0 Å². The van der Waals surface area contributed by atoms with E-state index in [0.717, 1.165) is 0 Å². The van der Waals surface area contributed by atoms with Crippen molar-refractivity contribution in [2.24, 2.45) is 0 Å². The van der Waals surface area contributed by atoms with Crippen molar-refractivity contribution >= 4 is 32.1 Å². The zero-order chi connectivity index (χ0) is 15.9. The summed E-state index contributed by atoms with van der Waals surface area (Å²) in [5.74, 6) is 9.68.